The van der Waals surface area contributed by atoms with Crippen molar-refractivity contribution in [2.24, 2.45) is 0 Å². The van der Waals surface area contributed by atoms with Gasteiger partial charge in [0.2, 0.25) is 15.9 Å². The van der Waals surface area contributed by atoms with E-state index in [1.54, 1.807) is 30.3 Å². The molecule has 0 aliphatic carbocycles. The van der Waals surface area contributed by atoms with Crippen LogP contribution in [0.25, 0.3) is 0 Å². The van der Waals surface area contributed by atoms with Crippen LogP contribution in [-0.4, -0.2) is 42.3 Å². The molecule has 7 nitrogen and oxygen atoms in total. The minimum absolute atomic E-state index is 0.0927. The van der Waals surface area contributed by atoms with Crippen LogP contribution in [0.15, 0.2) is 53.4 Å². The van der Waals surface area contributed by atoms with Gasteiger partial charge in [0.1, 0.15) is 6.04 Å². The second kappa shape index (κ2) is 9.34. The molecule has 2 aromatic carbocycles. The third-order valence-electron chi connectivity index (χ3n) is 4.85. The zero-order valence-electron chi connectivity index (χ0n) is 15.8. The molecule has 1 heterocycles. The summed E-state index contributed by atoms with van der Waals surface area (Å²) < 4.78 is 27.4. The molecule has 30 heavy (non-hydrogen) atoms. The van der Waals surface area contributed by atoms with Gasteiger partial charge in [0.15, 0.2) is 0 Å². The summed E-state index contributed by atoms with van der Waals surface area (Å²) in [5, 5.41) is 12.3. The normalized spacial score (nSPS) is 18.1. The first kappa shape index (κ1) is 22.6. The molecule has 1 amide bonds. The van der Waals surface area contributed by atoms with E-state index < -0.39 is 34.0 Å². The van der Waals surface area contributed by atoms with Crippen molar-refractivity contribution in [3.8, 4) is 0 Å². The number of carbonyl (C=O) groups is 2. The molecule has 2 aromatic rings. The van der Waals surface area contributed by atoms with Gasteiger partial charge in [0, 0.05) is 16.6 Å². The highest BCUT2D eigenvalue weighted by atomic mass is 35.5. The first-order chi connectivity index (χ1) is 14.2. The van der Waals surface area contributed by atoms with E-state index in [1.165, 1.54) is 18.2 Å². The molecule has 2 N–H and O–H groups in total. The summed E-state index contributed by atoms with van der Waals surface area (Å²) in [6, 6.07) is 11.0. The van der Waals surface area contributed by atoms with Crippen LogP contribution in [0.5, 0.6) is 0 Å². The van der Waals surface area contributed by atoms with E-state index in [9.17, 15) is 23.1 Å². The summed E-state index contributed by atoms with van der Waals surface area (Å²) >= 11 is 11.9. The smallest absolute Gasteiger partial charge is 0.305 e. The SMILES string of the molecule is O=C(O)C[C@H](NC(=O)C1CCCN1S(=O)(=O)c1cc(Cl)cc(Cl)c1)c1ccccc1. The molecule has 2 atom stereocenters. The van der Waals surface area contributed by atoms with Crippen LogP contribution in [0.3, 0.4) is 0 Å². The molecule has 10 heteroatoms. The van der Waals surface area contributed by atoms with Crippen LogP contribution < -0.4 is 5.32 Å². The summed E-state index contributed by atoms with van der Waals surface area (Å²) in [6.45, 7) is 0.166. The van der Waals surface area contributed by atoms with Crippen LogP contribution in [0.1, 0.15) is 30.9 Å². The number of sulfonamides is 1. The zero-order chi connectivity index (χ0) is 21.9. The average Bonchev–Trinajstić information content (AvgIpc) is 3.18. The number of nitrogens with one attached hydrogen (secondary N) is 1. The fourth-order valence-electron chi connectivity index (χ4n) is 3.48. The molecular weight excluding hydrogens is 451 g/mol. The zero-order valence-corrected chi connectivity index (χ0v) is 18.1. The van der Waals surface area contributed by atoms with Gasteiger partial charge in [-0.1, -0.05) is 53.5 Å². The number of benzene rings is 2. The minimum Gasteiger partial charge on any atom is -0.481 e. The lowest BCUT2D eigenvalue weighted by Gasteiger charge is -2.26. The molecular formula is C20H20Cl2N2O5S. The summed E-state index contributed by atoms with van der Waals surface area (Å²) in [5.74, 6) is -1.62. The molecule has 0 radical (unpaired) electrons. The monoisotopic (exact) mass is 470 g/mol. The molecule has 1 aliphatic rings. The van der Waals surface area contributed by atoms with E-state index in [2.05, 4.69) is 5.32 Å². The van der Waals surface area contributed by atoms with Crippen molar-refractivity contribution in [3.05, 3.63) is 64.1 Å². The lowest BCUT2D eigenvalue weighted by Crippen LogP contribution is -2.47. The second-order valence-corrected chi connectivity index (χ2v) is 9.71. The number of carboxylic acids is 1. The molecule has 160 valence electrons. The molecule has 1 fully saturated rings. The number of carboxylic acid groups (broad SMARTS) is 1. The van der Waals surface area contributed by atoms with E-state index in [-0.39, 0.29) is 27.9 Å². The van der Waals surface area contributed by atoms with Crippen molar-refractivity contribution < 1.29 is 23.1 Å². The van der Waals surface area contributed by atoms with Gasteiger partial charge in [-0.15, -0.1) is 0 Å². The third kappa shape index (κ3) is 5.13. The maximum atomic E-state index is 13.1. The molecule has 1 saturated heterocycles. The van der Waals surface area contributed by atoms with Crippen LogP contribution in [0.4, 0.5) is 0 Å². The molecule has 1 unspecified atom stereocenters. The Morgan fingerprint density at radius 1 is 1.13 bits per heavy atom. The molecule has 3 rings (SSSR count). The average molecular weight is 471 g/mol. The quantitative estimate of drug-likeness (QED) is 0.644. The third-order valence-corrected chi connectivity index (χ3v) is 7.17. The minimum atomic E-state index is -4.01. The van der Waals surface area contributed by atoms with E-state index in [1.807, 2.05) is 0 Å². The highest BCUT2D eigenvalue weighted by Crippen LogP contribution is 2.30. The van der Waals surface area contributed by atoms with E-state index in [0.29, 0.717) is 18.4 Å². The number of amides is 1. The largest absolute Gasteiger partial charge is 0.481 e. The van der Waals surface area contributed by atoms with Crippen LogP contribution in [0, 0.1) is 0 Å². The van der Waals surface area contributed by atoms with E-state index >= 15 is 0 Å². The van der Waals surface area contributed by atoms with Gasteiger partial charge in [0.05, 0.1) is 17.4 Å². The number of nitrogens with zero attached hydrogens (tertiary/aromatic N) is 1. The van der Waals surface area contributed by atoms with E-state index in [0.717, 1.165) is 4.31 Å². The van der Waals surface area contributed by atoms with Gasteiger partial charge in [-0.05, 0) is 36.6 Å². The first-order valence-electron chi connectivity index (χ1n) is 9.23. The maximum Gasteiger partial charge on any atom is 0.305 e. The number of carbonyl (C=O) groups excluding carboxylic acids is 1. The first-order valence-corrected chi connectivity index (χ1v) is 11.4. The maximum absolute atomic E-state index is 13.1. The van der Waals surface area contributed by atoms with Gasteiger partial charge >= 0.3 is 5.97 Å². The topological polar surface area (TPSA) is 104 Å². The van der Waals surface area contributed by atoms with Crippen LogP contribution in [-0.2, 0) is 19.6 Å². The van der Waals surface area contributed by atoms with Crippen molar-refractivity contribution in [2.75, 3.05) is 6.54 Å². The van der Waals surface area contributed by atoms with Crippen molar-refractivity contribution in [1.29, 1.82) is 0 Å². The number of hydrogen-bond acceptors (Lipinski definition) is 4. The Bertz CT molecular complexity index is 1030. The Labute approximate surface area is 184 Å². The highest BCUT2D eigenvalue weighted by molar-refractivity contribution is 7.89. The van der Waals surface area contributed by atoms with Crippen LogP contribution >= 0.6 is 23.2 Å². The summed E-state index contributed by atoms with van der Waals surface area (Å²) in [6.07, 6.45) is 0.508. The number of aliphatic carboxylic acids is 1. The van der Waals surface area contributed by atoms with Crippen molar-refractivity contribution in [1.82, 2.24) is 9.62 Å². The summed E-state index contributed by atoms with van der Waals surface area (Å²) in [5.41, 5.74) is 0.627. The van der Waals surface area contributed by atoms with Gasteiger partial charge in [0.25, 0.3) is 0 Å². The number of hydrogen-bond donors (Lipinski definition) is 2. The Morgan fingerprint density at radius 3 is 2.37 bits per heavy atom. The molecule has 1 aliphatic heterocycles. The van der Waals surface area contributed by atoms with Crippen molar-refractivity contribution in [2.45, 2.75) is 36.2 Å². The highest BCUT2D eigenvalue weighted by Gasteiger charge is 2.40. The summed E-state index contributed by atoms with van der Waals surface area (Å²) in [4.78, 5) is 24.2. The van der Waals surface area contributed by atoms with Gasteiger partial charge in [-0.25, -0.2) is 8.42 Å². The van der Waals surface area contributed by atoms with Gasteiger partial charge < -0.3 is 10.4 Å². The van der Waals surface area contributed by atoms with Crippen molar-refractivity contribution >= 4 is 45.1 Å². The van der Waals surface area contributed by atoms with Crippen molar-refractivity contribution in [3.63, 3.8) is 0 Å². The Balaban J connectivity index is 1.85. The lowest BCUT2D eigenvalue weighted by molar-refractivity contribution is -0.137. The molecule has 0 spiro atoms. The van der Waals surface area contributed by atoms with E-state index in [4.69, 9.17) is 23.2 Å². The van der Waals surface area contributed by atoms with Crippen LogP contribution in [0.2, 0.25) is 10.0 Å². The fraction of sp³-hybridized carbons (Fsp3) is 0.300. The molecule has 0 bridgehead atoms. The lowest BCUT2D eigenvalue weighted by atomic mass is 10.0. The Hall–Kier alpha value is -2.13. The predicted octanol–water partition coefficient (Wildman–Crippen LogP) is 3.48. The predicted molar refractivity (Wildman–Crippen MR) is 113 cm³/mol. The number of rotatable bonds is 7. The Kier molecular flexibility index (Phi) is 7.02. The Morgan fingerprint density at radius 2 is 1.77 bits per heavy atom. The second-order valence-electron chi connectivity index (χ2n) is 6.95. The molecule has 0 saturated carbocycles. The standard InChI is InChI=1S/C20H20Cl2N2O5S/c21-14-9-15(22)11-16(10-14)30(28,29)24-8-4-7-18(24)20(27)23-17(12-19(25)26)13-5-2-1-3-6-13/h1-3,5-6,9-11,17-18H,4,7-8,12H2,(H,23,27)(H,25,26)/t17-,18?/m0/s1. The number of halogens is 2. The van der Waals surface area contributed by atoms with Gasteiger partial charge in [-0.3, -0.25) is 9.59 Å². The summed E-state index contributed by atoms with van der Waals surface area (Å²) in [7, 11) is -4.01. The van der Waals surface area contributed by atoms with Gasteiger partial charge in [-0.2, -0.15) is 4.31 Å². The molecule has 0 aromatic heterocycles. The fourth-order valence-corrected chi connectivity index (χ4v) is 5.87.